The third-order valence-corrected chi connectivity index (χ3v) is 13.9. The summed E-state index contributed by atoms with van der Waals surface area (Å²) >= 11 is 0. The molecule has 0 N–H and O–H groups in total. The van der Waals surface area contributed by atoms with Crippen molar-refractivity contribution in [1.29, 1.82) is 0 Å². The highest BCUT2D eigenvalue weighted by atomic mass is 14.9. The van der Waals surface area contributed by atoms with Crippen molar-refractivity contribution in [3.63, 3.8) is 0 Å². The van der Waals surface area contributed by atoms with Crippen molar-refractivity contribution >= 4 is 32.3 Å². The molecule has 1 aromatic heterocycles. The minimum atomic E-state index is -0.550. The van der Waals surface area contributed by atoms with E-state index in [2.05, 4.69) is 231 Å². The lowest BCUT2D eigenvalue weighted by Crippen LogP contribution is -2.28. The normalized spacial score (nSPS) is 12.6. The van der Waals surface area contributed by atoms with Crippen LogP contribution < -0.4 is 0 Å². The lowest BCUT2D eigenvalue weighted by molar-refractivity contribution is 0.769. The first-order valence-corrected chi connectivity index (χ1v) is 23.1. The first-order valence-electron chi connectivity index (χ1n) is 23.1. The average molecular weight is 851 g/mol. The monoisotopic (exact) mass is 850 g/mol. The smallest absolute Gasteiger partial charge is 0.160 e. The van der Waals surface area contributed by atoms with Crippen LogP contribution in [0.5, 0.6) is 0 Å². The summed E-state index contributed by atoms with van der Waals surface area (Å²) in [5.74, 6) is 0.700. The van der Waals surface area contributed by atoms with Crippen molar-refractivity contribution in [2.45, 2.75) is 5.41 Å². The number of nitrogens with zero attached hydrogens (tertiary/aromatic N) is 2. The summed E-state index contributed by atoms with van der Waals surface area (Å²) in [6.45, 7) is 0. The zero-order chi connectivity index (χ0) is 44.3. The van der Waals surface area contributed by atoms with Gasteiger partial charge < -0.3 is 0 Å². The third-order valence-electron chi connectivity index (χ3n) is 13.9. The van der Waals surface area contributed by atoms with Crippen LogP contribution >= 0.6 is 0 Å². The van der Waals surface area contributed by atoms with Crippen LogP contribution in [0.15, 0.2) is 255 Å². The second kappa shape index (κ2) is 15.8. The van der Waals surface area contributed by atoms with Crippen LogP contribution in [0.4, 0.5) is 0 Å². The Bertz CT molecular complexity index is 3710. The van der Waals surface area contributed by atoms with Crippen LogP contribution in [-0.4, -0.2) is 9.97 Å². The van der Waals surface area contributed by atoms with E-state index >= 15 is 0 Å². The Morgan fingerprint density at radius 2 is 0.701 bits per heavy atom. The Morgan fingerprint density at radius 1 is 0.239 bits per heavy atom. The van der Waals surface area contributed by atoms with Crippen molar-refractivity contribution in [2.75, 3.05) is 0 Å². The average Bonchev–Trinajstić information content (AvgIpc) is 3.71. The van der Waals surface area contributed by atoms with Crippen LogP contribution in [0.2, 0.25) is 0 Å². The number of aromatic nitrogens is 2. The maximum atomic E-state index is 5.27. The summed E-state index contributed by atoms with van der Waals surface area (Å²) < 4.78 is 0. The molecule has 0 saturated heterocycles. The molecule has 0 fully saturated rings. The summed E-state index contributed by atoms with van der Waals surface area (Å²) in [5, 5.41) is 7.56. The van der Waals surface area contributed by atoms with E-state index in [0.717, 1.165) is 39.2 Å². The first kappa shape index (κ1) is 38.7. The Hall–Kier alpha value is -8.72. The highest BCUT2D eigenvalue weighted by Gasteiger charge is 2.46. The Kier molecular flexibility index (Phi) is 9.11. The van der Waals surface area contributed by atoms with Crippen molar-refractivity contribution in [3.05, 3.63) is 277 Å². The second-order valence-corrected chi connectivity index (χ2v) is 17.6. The number of fused-ring (bicyclic) bond motifs is 9. The van der Waals surface area contributed by atoms with Gasteiger partial charge in [0.2, 0.25) is 0 Å². The van der Waals surface area contributed by atoms with Gasteiger partial charge in [0.15, 0.2) is 5.82 Å². The zero-order valence-corrected chi connectivity index (χ0v) is 36.6. The second-order valence-electron chi connectivity index (χ2n) is 17.6. The van der Waals surface area contributed by atoms with Gasteiger partial charge in [-0.05, 0) is 118 Å². The van der Waals surface area contributed by atoms with E-state index in [1.54, 1.807) is 0 Å². The molecule has 1 aliphatic rings. The van der Waals surface area contributed by atoms with Gasteiger partial charge in [-0.3, -0.25) is 0 Å². The van der Waals surface area contributed by atoms with E-state index in [1.165, 1.54) is 76.8 Å². The molecule has 0 saturated carbocycles. The van der Waals surface area contributed by atoms with Gasteiger partial charge in [-0.1, -0.05) is 224 Å². The molecule has 0 radical (unpaired) electrons. The number of hydrogen-bond acceptors (Lipinski definition) is 2. The molecule has 0 bridgehead atoms. The van der Waals surface area contributed by atoms with Crippen molar-refractivity contribution < 1.29 is 0 Å². The topological polar surface area (TPSA) is 25.8 Å². The number of hydrogen-bond donors (Lipinski definition) is 0. The van der Waals surface area contributed by atoms with Crippen molar-refractivity contribution in [3.8, 4) is 67.3 Å². The van der Waals surface area contributed by atoms with E-state index in [9.17, 15) is 0 Å². The fourth-order valence-corrected chi connectivity index (χ4v) is 11.0. The van der Waals surface area contributed by atoms with Gasteiger partial charge in [0.05, 0.1) is 16.8 Å². The molecule has 0 unspecified atom stereocenters. The summed E-state index contributed by atoms with van der Waals surface area (Å²) in [7, 11) is 0. The molecule has 1 aliphatic carbocycles. The Morgan fingerprint density at radius 3 is 1.34 bits per heavy atom. The highest BCUT2D eigenvalue weighted by Crippen LogP contribution is 2.58. The lowest BCUT2D eigenvalue weighted by Gasteiger charge is -2.34. The first-order chi connectivity index (χ1) is 33.2. The molecule has 0 amide bonds. The summed E-state index contributed by atoms with van der Waals surface area (Å²) in [6, 6.07) is 92.8. The van der Waals surface area contributed by atoms with E-state index in [0.29, 0.717) is 5.82 Å². The molecule has 0 spiro atoms. The van der Waals surface area contributed by atoms with Gasteiger partial charge in [0.25, 0.3) is 0 Å². The van der Waals surface area contributed by atoms with E-state index in [1.807, 2.05) is 24.3 Å². The van der Waals surface area contributed by atoms with Crippen LogP contribution in [0.3, 0.4) is 0 Å². The molecular weight excluding hydrogens is 809 g/mol. The molecule has 2 nitrogen and oxygen atoms in total. The maximum absolute atomic E-state index is 5.27. The largest absolute Gasteiger partial charge is 0.228 e. The molecular formula is C65H42N2. The van der Waals surface area contributed by atoms with Crippen LogP contribution in [-0.2, 0) is 5.41 Å². The van der Waals surface area contributed by atoms with Crippen LogP contribution in [0, 0.1) is 0 Å². The van der Waals surface area contributed by atoms with Gasteiger partial charge in [-0.15, -0.1) is 0 Å². The lowest BCUT2D eigenvalue weighted by atomic mass is 9.67. The predicted octanol–water partition coefficient (Wildman–Crippen LogP) is 16.6. The van der Waals surface area contributed by atoms with Gasteiger partial charge in [0, 0.05) is 16.7 Å². The molecule has 0 atom stereocenters. The van der Waals surface area contributed by atoms with Crippen molar-refractivity contribution in [2.24, 2.45) is 0 Å². The standard InChI is InChI=1S/C65H42N2/c1-5-20-43(21-6-1)62-42-63(67-64(66-62)44-22-7-2-8-23-44)47-25-19-24-45(38-47)56-40-59-55-34-17-18-35-60(55)65(48-26-9-3-10-27-48,49-28-11-4-12-29-49)61(59)41-57(56)46-36-37-54-52-32-14-13-30-50(52)51-31-15-16-33-53(51)58(54)39-46/h1-42H. The summed E-state index contributed by atoms with van der Waals surface area (Å²) in [6.07, 6.45) is 0. The SMILES string of the molecule is c1ccc(-c2cc(-c3cccc(-c4cc5c(cc4-c4ccc6c7ccccc7c7ccccc7c6c4)C(c4ccccc4)(c4ccccc4)c4ccccc4-5)c3)nc(-c3ccccc3)n2)cc1. The van der Waals surface area contributed by atoms with E-state index in [4.69, 9.17) is 9.97 Å². The van der Waals surface area contributed by atoms with Crippen molar-refractivity contribution in [1.82, 2.24) is 9.97 Å². The minimum absolute atomic E-state index is 0.550. The maximum Gasteiger partial charge on any atom is 0.160 e. The van der Waals surface area contributed by atoms with Gasteiger partial charge in [0.1, 0.15) is 0 Å². The van der Waals surface area contributed by atoms with Crippen LogP contribution in [0.1, 0.15) is 22.3 Å². The molecule has 312 valence electrons. The number of benzene rings is 11. The minimum Gasteiger partial charge on any atom is -0.228 e. The molecule has 1 heterocycles. The molecule has 0 aliphatic heterocycles. The molecule has 13 rings (SSSR count). The predicted molar refractivity (Wildman–Crippen MR) is 279 cm³/mol. The fourth-order valence-electron chi connectivity index (χ4n) is 11.0. The van der Waals surface area contributed by atoms with Crippen LogP contribution in [0.25, 0.3) is 99.6 Å². The summed E-state index contributed by atoms with van der Waals surface area (Å²) in [5.41, 5.74) is 16.5. The summed E-state index contributed by atoms with van der Waals surface area (Å²) in [4.78, 5) is 10.4. The Balaban J connectivity index is 1.10. The van der Waals surface area contributed by atoms with Gasteiger partial charge in [-0.25, -0.2) is 9.97 Å². The molecule has 2 heteroatoms. The van der Waals surface area contributed by atoms with E-state index in [-0.39, 0.29) is 0 Å². The Labute approximate surface area is 390 Å². The molecule has 11 aromatic carbocycles. The van der Waals surface area contributed by atoms with Gasteiger partial charge in [-0.2, -0.15) is 0 Å². The fraction of sp³-hybridized carbons (Fsp3) is 0.0154. The molecule has 12 aromatic rings. The third kappa shape index (κ3) is 6.26. The van der Waals surface area contributed by atoms with E-state index < -0.39 is 5.41 Å². The quantitative estimate of drug-likeness (QED) is 0.149. The zero-order valence-electron chi connectivity index (χ0n) is 36.6. The number of rotatable bonds is 7. The van der Waals surface area contributed by atoms with Gasteiger partial charge >= 0.3 is 0 Å². The highest BCUT2D eigenvalue weighted by molar-refractivity contribution is 6.25. The molecule has 67 heavy (non-hydrogen) atoms.